The second kappa shape index (κ2) is 10.1. The molecule has 32 heavy (non-hydrogen) atoms. The van der Waals surface area contributed by atoms with Gasteiger partial charge in [0.1, 0.15) is 12.4 Å². The smallest absolute Gasteiger partial charge is 0.249 e. The number of nitrogens with two attached hydrogens (primary N) is 1. The highest BCUT2D eigenvalue weighted by Gasteiger charge is 2.36. The number of morpholine rings is 1. The Bertz CT molecular complexity index is 1020. The third-order valence-corrected chi connectivity index (χ3v) is 5.96. The molecule has 0 aliphatic carbocycles. The Morgan fingerprint density at radius 1 is 1.09 bits per heavy atom. The second-order valence-corrected chi connectivity index (χ2v) is 8.71. The topological polar surface area (TPSA) is 73.4 Å². The van der Waals surface area contributed by atoms with Gasteiger partial charge in [-0.05, 0) is 24.4 Å². The third-order valence-electron chi connectivity index (χ3n) is 5.96. The number of imidazole rings is 1. The van der Waals surface area contributed by atoms with E-state index in [-0.39, 0.29) is 30.6 Å². The van der Waals surface area contributed by atoms with Gasteiger partial charge in [-0.2, -0.15) is 0 Å². The lowest BCUT2D eigenvalue weighted by Crippen LogP contribution is -2.50. The van der Waals surface area contributed by atoms with Crippen LogP contribution in [-0.4, -0.2) is 46.2 Å². The predicted molar refractivity (Wildman–Crippen MR) is 126 cm³/mol. The molecule has 2 N–H and O–H groups in total. The van der Waals surface area contributed by atoms with Crippen LogP contribution in [0.25, 0.3) is 11.3 Å². The average molecular weight is 433 g/mol. The van der Waals surface area contributed by atoms with E-state index in [9.17, 15) is 4.79 Å². The van der Waals surface area contributed by atoms with Gasteiger partial charge in [0.05, 0.1) is 17.8 Å². The van der Waals surface area contributed by atoms with Crippen LogP contribution in [0.15, 0.2) is 66.9 Å². The van der Waals surface area contributed by atoms with Gasteiger partial charge in [-0.3, -0.25) is 4.79 Å². The number of amides is 1. The fourth-order valence-corrected chi connectivity index (χ4v) is 4.39. The Labute approximate surface area is 190 Å². The van der Waals surface area contributed by atoms with Crippen LogP contribution in [-0.2, 0) is 16.1 Å². The number of rotatable bonds is 8. The van der Waals surface area contributed by atoms with Crippen molar-refractivity contribution in [2.75, 3.05) is 19.7 Å². The maximum atomic E-state index is 12.9. The van der Waals surface area contributed by atoms with Crippen molar-refractivity contribution in [3.8, 4) is 11.3 Å². The molecule has 6 heteroatoms. The molecule has 4 rings (SSSR count). The summed E-state index contributed by atoms with van der Waals surface area (Å²) in [5.41, 5.74) is 8.95. The molecule has 168 valence electrons. The van der Waals surface area contributed by atoms with Crippen LogP contribution in [0.5, 0.6) is 0 Å². The summed E-state index contributed by atoms with van der Waals surface area (Å²) in [5.74, 6) is 1.10. The molecule has 1 fully saturated rings. The summed E-state index contributed by atoms with van der Waals surface area (Å²) in [4.78, 5) is 20.0. The molecule has 0 radical (unpaired) electrons. The van der Waals surface area contributed by atoms with Gasteiger partial charge in [-0.1, -0.05) is 74.5 Å². The number of benzene rings is 2. The van der Waals surface area contributed by atoms with Crippen molar-refractivity contribution in [3.63, 3.8) is 0 Å². The van der Waals surface area contributed by atoms with Crippen LogP contribution >= 0.6 is 0 Å². The van der Waals surface area contributed by atoms with Crippen molar-refractivity contribution in [2.24, 2.45) is 11.7 Å². The minimum atomic E-state index is -0.146. The molecule has 1 amide bonds. The molecule has 0 bridgehead atoms. The van der Waals surface area contributed by atoms with Gasteiger partial charge in [-0.15, -0.1) is 0 Å². The van der Waals surface area contributed by atoms with Crippen LogP contribution in [0.1, 0.15) is 37.7 Å². The van der Waals surface area contributed by atoms with E-state index in [0.29, 0.717) is 19.6 Å². The molecule has 6 nitrogen and oxygen atoms in total. The first kappa shape index (κ1) is 22.2. The van der Waals surface area contributed by atoms with Gasteiger partial charge < -0.3 is 19.9 Å². The summed E-state index contributed by atoms with van der Waals surface area (Å²) in [5, 5.41) is 0. The minimum absolute atomic E-state index is 0.00694. The molecule has 2 unspecified atom stereocenters. The lowest BCUT2D eigenvalue weighted by atomic mass is 9.99. The van der Waals surface area contributed by atoms with E-state index in [1.807, 2.05) is 41.3 Å². The zero-order chi connectivity index (χ0) is 22.5. The molecule has 1 aromatic heterocycles. The molecule has 3 aromatic rings. The number of nitrogens with zero attached hydrogens (tertiary/aromatic N) is 3. The highest BCUT2D eigenvalue weighted by Crippen LogP contribution is 2.33. The number of aromatic nitrogens is 2. The molecule has 1 aliphatic heterocycles. The highest BCUT2D eigenvalue weighted by molar-refractivity contribution is 5.78. The van der Waals surface area contributed by atoms with Gasteiger partial charge >= 0.3 is 0 Å². The fourth-order valence-electron chi connectivity index (χ4n) is 4.39. The normalized spacial score (nSPS) is 17.7. The van der Waals surface area contributed by atoms with Crippen LogP contribution in [0.4, 0.5) is 0 Å². The molecule has 0 spiro atoms. The van der Waals surface area contributed by atoms with Crippen LogP contribution in [0, 0.1) is 5.92 Å². The van der Waals surface area contributed by atoms with Crippen molar-refractivity contribution >= 4 is 5.91 Å². The first-order valence-electron chi connectivity index (χ1n) is 11.3. The lowest BCUT2D eigenvalue weighted by Gasteiger charge is -2.39. The van der Waals surface area contributed by atoms with Crippen LogP contribution < -0.4 is 5.73 Å². The summed E-state index contributed by atoms with van der Waals surface area (Å²) in [6, 6.07) is 20.4. The highest BCUT2D eigenvalue weighted by atomic mass is 16.5. The first-order chi connectivity index (χ1) is 15.6. The van der Waals surface area contributed by atoms with Gasteiger partial charge in [0.25, 0.3) is 0 Å². The van der Waals surface area contributed by atoms with E-state index in [1.54, 1.807) is 0 Å². The molecule has 0 saturated carbocycles. The zero-order valence-corrected chi connectivity index (χ0v) is 18.9. The lowest BCUT2D eigenvalue weighted by molar-refractivity contribution is -0.154. The van der Waals surface area contributed by atoms with Gasteiger partial charge in [-0.25, -0.2) is 4.98 Å². The average Bonchev–Trinajstić information content (AvgIpc) is 3.20. The van der Waals surface area contributed by atoms with Crippen molar-refractivity contribution in [3.05, 3.63) is 78.2 Å². The third kappa shape index (κ3) is 4.92. The van der Waals surface area contributed by atoms with E-state index in [2.05, 4.69) is 48.9 Å². The number of hydrogen-bond acceptors (Lipinski definition) is 4. The van der Waals surface area contributed by atoms with E-state index in [1.165, 1.54) is 5.56 Å². The Morgan fingerprint density at radius 3 is 2.44 bits per heavy atom. The van der Waals surface area contributed by atoms with Crippen molar-refractivity contribution in [2.45, 2.75) is 39.0 Å². The Balaban J connectivity index is 1.75. The molecule has 2 aromatic carbocycles. The Kier molecular flexibility index (Phi) is 7.02. The zero-order valence-electron chi connectivity index (χ0n) is 18.9. The first-order valence-corrected chi connectivity index (χ1v) is 11.3. The van der Waals surface area contributed by atoms with E-state index < -0.39 is 0 Å². The number of ether oxygens (including phenoxy) is 1. The Hall–Kier alpha value is -2.96. The van der Waals surface area contributed by atoms with Crippen LogP contribution in [0.3, 0.4) is 0 Å². The largest absolute Gasteiger partial charge is 0.367 e. The number of carbonyl (C=O) groups is 1. The standard InChI is InChI=1S/C26H32N4O2/c1-19(2)25(30-16-22(13-14-27)32-18-24(30)31)26-28-23(21-11-7-4-8-12-21)17-29(26)15-20-9-5-3-6-10-20/h3-12,17,19,22,25H,13-16,18,27H2,1-2H3. The molecular formula is C26H32N4O2. The summed E-state index contributed by atoms with van der Waals surface area (Å²) in [6.45, 7) is 6.17. The molecular weight excluding hydrogens is 400 g/mol. The van der Waals surface area contributed by atoms with Crippen LogP contribution in [0.2, 0.25) is 0 Å². The van der Waals surface area contributed by atoms with Crippen molar-refractivity contribution in [1.29, 1.82) is 0 Å². The summed E-state index contributed by atoms with van der Waals surface area (Å²) in [7, 11) is 0. The quantitative estimate of drug-likeness (QED) is 0.586. The second-order valence-electron chi connectivity index (χ2n) is 8.71. The van der Waals surface area contributed by atoms with Crippen molar-refractivity contribution in [1.82, 2.24) is 14.5 Å². The fraction of sp³-hybridized carbons (Fsp3) is 0.385. The molecule has 1 aliphatic rings. The maximum Gasteiger partial charge on any atom is 0.249 e. The number of carbonyl (C=O) groups excluding carboxylic acids is 1. The summed E-state index contributed by atoms with van der Waals surface area (Å²) in [6.07, 6.45) is 2.81. The minimum Gasteiger partial charge on any atom is -0.367 e. The van der Waals surface area contributed by atoms with E-state index in [4.69, 9.17) is 15.5 Å². The molecule has 1 saturated heterocycles. The van der Waals surface area contributed by atoms with Crippen molar-refractivity contribution < 1.29 is 9.53 Å². The predicted octanol–water partition coefficient (Wildman–Crippen LogP) is 3.87. The molecule has 2 atom stereocenters. The number of hydrogen-bond donors (Lipinski definition) is 1. The molecule has 2 heterocycles. The van der Waals surface area contributed by atoms with E-state index >= 15 is 0 Å². The monoisotopic (exact) mass is 432 g/mol. The van der Waals surface area contributed by atoms with Gasteiger partial charge in [0, 0.05) is 24.8 Å². The summed E-state index contributed by atoms with van der Waals surface area (Å²) < 4.78 is 7.93. The Morgan fingerprint density at radius 2 is 1.78 bits per heavy atom. The van der Waals surface area contributed by atoms with Gasteiger partial charge in [0.15, 0.2) is 0 Å². The summed E-state index contributed by atoms with van der Waals surface area (Å²) >= 11 is 0. The SMILES string of the molecule is CC(C)C(c1nc(-c2ccccc2)cn1Cc1ccccc1)N1CC(CCN)OCC1=O. The maximum absolute atomic E-state index is 12.9. The van der Waals surface area contributed by atoms with E-state index in [0.717, 1.165) is 23.5 Å². The van der Waals surface area contributed by atoms with Gasteiger partial charge in [0.2, 0.25) is 5.91 Å².